The van der Waals surface area contributed by atoms with Gasteiger partial charge in [0.1, 0.15) is 6.04 Å². The van der Waals surface area contributed by atoms with E-state index in [9.17, 15) is 18.0 Å². The summed E-state index contributed by atoms with van der Waals surface area (Å²) in [5, 5.41) is 6.40. The monoisotopic (exact) mass is 616 g/mol. The van der Waals surface area contributed by atoms with E-state index in [1.807, 2.05) is 28.8 Å². The molecule has 0 bridgehead atoms. The number of aromatic nitrogens is 2. The number of nitrogens with two attached hydrogens (primary N) is 1. The molecule has 5 rings (SSSR count). The zero-order valence-corrected chi connectivity index (χ0v) is 25.7. The minimum atomic E-state index is -4.68. The Kier molecular flexibility index (Phi) is 9.68. The van der Waals surface area contributed by atoms with Gasteiger partial charge in [-0.05, 0) is 67.1 Å². The van der Waals surface area contributed by atoms with Crippen LogP contribution < -0.4 is 16.4 Å². The van der Waals surface area contributed by atoms with Crippen LogP contribution in [-0.4, -0.2) is 26.9 Å². The second kappa shape index (κ2) is 13.7. The van der Waals surface area contributed by atoms with Gasteiger partial charge in [0.25, 0.3) is 5.91 Å². The van der Waals surface area contributed by atoms with Gasteiger partial charge in [0, 0.05) is 60.1 Å². The van der Waals surface area contributed by atoms with Crippen molar-refractivity contribution in [3.05, 3.63) is 112 Å². The lowest BCUT2D eigenvalue weighted by atomic mass is 9.99. The van der Waals surface area contributed by atoms with Crippen LogP contribution in [0.5, 0.6) is 0 Å². The summed E-state index contributed by atoms with van der Waals surface area (Å²) >= 11 is 0. The molecule has 3 aromatic rings. The first kappa shape index (κ1) is 31.9. The third kappa shape index (κ3) is 7.10. The molecule has 0 spiro atoms. The number of carbonyl (C=O) groups is 1. The molecule has 2 aliphatic heterocycles. The van der Waals surface area contributed by atoms with Gasteiger partial charge in [-0.25, -0.2) is 4.98 Å². The van der Waals surface area contributed by atoms with Crippen LogP contribution in [-0.2, 0) is 32.2 Å². The maximum atomic E-state index is 14.4. The fourth-order valence-corrected chi connectivity index (χ4v) is 5.87. The van der Waals surface area contributed by atoms with Gasteiger partial charge >= 0.3 is 6.18 Å². The average molecular weight is 617 g/mol. The normalized spacial score (nSPS) is 15.5. The molecule has 0 saturated heterocycles. The summed E-state index contributed by atoms with van der Waals surface area (Å²) < 4.78 is 45.2. The van der Waals surface area contributed by atoms with Gasteiger partial charge in [0.15, 0.2) is 0 Å². The Morgan fingerprint density at radius 2 is 1.96 bits per heavy atom. The predicted octanol–water partition coefficient (Wildman–Crippen LogP) is 6.00. The van der Waals surface area contributed by atoms with Gasteiger partial charge < -0.3 is 25.8 Å². The van der Waals surface area contributed by atoms with Crippen molar-refractivity contribution >= 4 is 5.91 Å². The number of imidazole rings is 1. The Morgan fingerprint density at radius 3 is 2.67 bits per heavy atom. The topological polar surface area (TPSA) is 88.2 Å². The van der Waals surface area contributed by atoms with E-state index >= 15 is 0 Å². The molecule has 0 saturated carbocycles. The number of fused-ring (bicyclic) bond motifs is 2. The van der Waals surface area contributed by atoms with Crippen LogP contribution in [0.15, 0.2) is 67.4 Å². The molecule has 1 amide bonds. The molecule has 0 fully saturated rings. The number of rotatable bonds is 11. The average Bonchev–Trinajstić information content (AvgIpc) is 3.73. The molecule has 2 unspecified atom stereocenters. The largest absolute Gasteiger partial charge is 0.416 e. The van der Waals surface area contributed by atoms with Crippen molar-refractivity contribution in [3.8, 4) is 11.8 Å². The summed E-state index contributed by atoms with van der Waals surface area (Å²) in [6, 6.07) is 9.32. The predicted molar refractivity (Wildman–Crippen MR) is 168 cm³/mol. The van der Waals surface area contributed by atoms with Crippen molar-refractivity contribution in [1.29, 1.82) is 0 Å². The number of nitrogens with zero attached hydrogens (tertiary/aromatic N) is 3. The minimum Gasteiger partial charge on any atom is -0.403 e. The van der Waals surface area contributed by atoms with Gasteiger partial charge in [0.05, 0.1) is 17.6 Å². The molecular formula is C35H39F3N6O. The SMILES string of the molecule is C=C(N/C=C\N)C(c1ncn2c1CCC2)N1Cc2c(cc(C#Cc3ccc(CNCCC(C)CC)cc3)cc2C(F)(F)F)C1=O. The summed E-state index contributed by atoms with van der Waals surface area (Å²) in [6.45, 7) is 10.7. The van der Waals surface area contributed by atoms with Crippen LogP contribution in [0.4, 0.5) is 13.2 Å². The van der Waals surface area contributed by atoms with Crippen LogP contribution in [0.3, 0.4) is 0 Å². The van der Waals surface area contributed by atoms with Crippen molar-refractivity contribution in [2.45, 2.75) is 71.4 Å². The number of hydrogen-bond donors (Lipinski definition) is 3. The zero-order valence-electron chi connectivity index (χ0n) is 25.7. The van der Waals surface area contributed by atoms with E-state index < -0.39 is 23.7 Å². The van der Waals surface area contributed by atoms with Crippen molar-refractivity contribution in [2.75, 3.05) is 6.54 Å². The standard InChI is InChI=1S/C35H39F3N6O/c1-4-23(2)13-15-40-20-26-10-7-25(8-11-26)9-12-27-18-28-29(30(19-27)35(36,37)38)21-44(34(28)45)33(24(3)41-16-14-39)32-31-6-5-17-43(31)22-42-32/h7-8,10-11,14,16,18-19,22-23,33,40-41H,3-6,13,15,17,20-21,39H2,1-2H3/b16-14-. The first-order chi connectivity index (χ1) is 21.6. The number of hydrogen-bond acceptors (Lipinski definition) is 5. The molecule has 4 N–H and O–H groups in total. The van der Waals surface area contributed by atoms with Crippen LogP contribution in [0.1, 0.15) is 88.7 Å². The van der Waals surface area contributed by atoms with Gasteiger partial charge in [-0.15, -0.1) is 0 Å². The van der Waals surface area contributed by atoms with Crippen molar-refractivity contribution in [1.82, 2.24) is 25.1 Å². The van der Waals surface area contributed by atoms with Gasteiger partial charge in [-0.2, -0.15) is 13.2 Å². The number of carbonyl (C=O) groups excluding carboxylic acids is 1. The lowest BCUT2D eigenvalue weighted by Crippen LogP contribution is -2.34. The van der Waals surface area contributed by atoms with E-state index in [0.29, 0.717) is 22.9 Å². The summed E-state index contributed by atoms with van der Waals surface area (Å²) in [7, 11) is 0. The number of benzene rings is 2. The van der Waals surface area contributed by atoms with E-state index in [2.05, 4.69) is 47.9 Å². The highest BCUT2D eigenvalue weighted by atomic mass is 19.4. The number of alkyl halides is 3. The number of aryl methyl sites for hydroxylation is 1. The Balaban J connectivity index is 1.41. The van der Waals surface area contributed by atoms with E-state index in [4.69, 9.17) is 5.73 Å². The summed E-state index contributed by atoms with van der Waals surface area (Å²) in [6.07, 6.45) is 3.73. The van der Waals surface area contributed by atoms with E-state index in [-0.39, 0.29) is 23.2 Å². The highest BCUT2D eigenvalue weighted by Gasteiger charge is 2.43. The molecule has 0 radical (unpaired) electrons. The molecule has 2 atom stereocenters. The van der Waals surface area contributed by atoms with E-state index in [0.717, 1.165) is 62.6 Å². The van der Waals surface area contributed by atoms with Crippen molar-refractivity contribution in [2.24, 2.45) is 11.7 Å². The van der Waals surface area contributed by atoms with E-state index in [1.165, 1.54) is 23.4 Å². The number of amides is 1. The maximum absolute atomic E-state index is 14.4. The fraction of sp³-hybridized carbons (Fsp3) is 0.371. The smallest absolute Gasteiger partial charge is 0.403 e. The Labute approximate surface area is 262 Å². The van der Waals surface area contributed by atoms with Gasteiger partial charge in [-0.3, -0.25) is 4.79 Å². The summed E-state index contributed by atoms with van der Waals surface area (Å²) in [5.41, 5.74) is 8.36. The third-order valence-corrected chi connectivity index (χ3v) is 8.58. The lowest BCUT2D eigenvalue weighted by Gasteiger charge is -2.29. The Bertz CT molecular complexity index is 1640. The molecule has 0 aliphatic carbocycles. The van der Waals surface area contributed by atoms with Gasteiger partial charge in [-0.1, -0.05) is 50.8 Å². The Morgan fingerprint density at radius 1 is 1.20 bits per heavy atom. The zero-order chi connectivity index (χ0) is 32.1. The van der Waals surface area contributed by atoms with Crippen LogP contribution in [0, 0.1) is 17.8 Å². The number of halogens is 3. The Hall–Kier alpha value is -4.49. The summed E-state index contributed by atoms with van der Waals surface area (Å²) in [5.74, 6) is 5.98. The molecule has 3 heterocycles. The quantitative estimate of drug-likeness (QED) is 0.182. The van der Waals surface area contributed by atoms with Gasteiger partial charge in [0.2, 0.25) is 0 Å². The molecule has 2 aliphatic rings. The third-order valence-electron chi connectivity index (χ3n) is 8.58. The highest BCUT2D eigenvalue weighted by Crippen LogP contribution is 2.42. The highest BCUT2D eigenvalue weighted by molar-refractivity contribution is 5.99. The van der Waals surface area contributed by atoms with Crippen molar-refractivity contribution in [3.63, 3.8) is 0 Å². The molecule has 45 heavy (non-hydrogen) atoms. The van der Waals surface area contributed by atoms with Crippen LogP contribution >= 0.6 is 0 Å². The number of nitrogens with one attached hydrogen (secondary N) is 2. The second-order valence-electron chi connectivity index (χ2n) is 11.7. The fourth-order valence-electron chi connectivity index (χ4n) is 5.87. The van der Waals surface area contributed by atoms with Crippen LogP contribution in [0.2, 0.25) is 0 Å². The lowest BCUT2D eigenvalue weighted by molar-refractivity contribution is -0.138. The molecule has 1 aromatic heterocycles. The molecule has 236 valence electrons. The van der Waals surface area contributed by atoms with E-state index in [1.54, 1.807) is 6.33 Å². The van der Waals surface area contributed by atoms with Crippen molar-refractivity contribution < 1.29 is 18.0 Å². The molecular weight excluding hydrogens is 577 g/mol. The summed E-state index contributed by atoms with van der Waals surface area (Å²) in [4.78, 5) is 19.8. The molecule has 10 heteroatoms. The first-order valence-corrected chi connectivity index (χ1v) is 15.3. The molecule has 7 nitrogen and oxygen atoms in total. The first-order valence-electron chi connectivity index (χ1n) is 15.3. The molecule has 2 aromatic carbocycles. The maximum Gasteiger partial charge on any atom is 0.416 e. The second-order valence-corrected chi connectivity index (χ2v) is 11.7. The minimum absolute atomic E-state index is 0.0176. The van der Waals surface area contributed by atoms with Crippen LogP contribution in [0.25, 0.3) is 0 Å².